The second-order valence-corrected chi connectivity index (χ2v) is 3.57. The van der Waals surface area contributed by atoms with Crippen LogP contribution in [-0.4, -0.2) is 35.9 Å². The zero-order valence-corrected chi connectivity index (χ0v) is 8.46. The molecule has 1 aliphatic rings. The lowest BCUT2D eigenvalue weighted by Gasteiger charge is -2.20. The zero-order chi connectivity index (χ0) is 10.8. The standard InChI is InChI=1S/C11H13NO3/c1-12-10(8-5-3-2-4-6-8)9(7-13)15-11(12)14/h2-6,9-10,13H,7H2,1H3/t9-,10+/m1/s1. The average Bonchev–Trinajstić information content (AvgIpc) is 2.56. The number of hydrogen-bond donors (Lipinski definition) is 1. The first-order valence-corrected chi connectivity index (χ1v) is 4.83. The molecular formula is C11H13NO3. The number of aliphatic hydroxyl groups is 1. The number of ether oxygens (including phenoxy) is 1. The molecule has 1 aromatic rings. The van der Waals surface area contributed by atoms with Crippen LogP contribution in [0.15, 0.2) is 30.3 Å². The van der Waals surface area contributed by atoms with E-state index in [1.54, 1.807) is 7.05 Å². The lowest BCUT2D eigenvalue weighted by Crippen LogP contribution is -2.27. The van der Waals surface area contributed by atoms with E-state index in [1.165, 1.54) is 4.90 Å². The summed E-state index contributed by atoms with van der Waals surface area (Å²) in [4.78, 5) is 12.8. The van der Waals surface area contributed by atoms with Crippen molar-refractivity contribution in [3.63, 3.8) is 0 Å². The fraction of sp³-hybridized carbons (Fsp3) is 0.364. The number of nitrogens with zero attached hydrogens (tertiary/aromatic N) is 1. The first kappa shape index (κ1) is 9.98. The number of hydrogen-bond acceptors (Lipinski definition) is 3. The molecule has 0 unspecified atom stereocenters. The smallest absolute Gasteiger partial charge is 0.410 e. The second-order valence-electron chi connectivity index (χ2n) is 3.57. The predicted octanol–water partition coefficient (Wildman–Crippen LogP) is 1.17. The highest BCUT2D eigenvalue weighted by atomic mass is 16.6. The van der Waals surface area contributed by atoms with E-state index in [1.807, 2.05) is 30.3 Å². The number of rotatable bonds is 2. The van der Waals surface area contributed by atoms with Crippen LogP contribution in [0.1, 0.15) is 11.6 Å². The average molecular weight is 207 g/mol. The molecule has 2 atom stereocenters. The van der Waals surface area contributed by atoms with Gasteiger partial charge in [0.1, 0.15) is 0 Å². The number of carbonyl (C=O) groups is 1. The Balaban J connectivity index is 2.30. The summed E-state index contributed by atoms with van der Waals surface area (Å²) in [6.45, 7) is -0.157. The number of amides is 1. The van der Waals surface area contributed by atoms with Crippen LogP contribution in [-0.2, 0) is 4.74 Å². The van der Waals surface area contributed by atoms with Crippen molar-refractivity contribution in [1.82, 2.24) is 4.90 Å². The van der Waals surface area contributed by atoms with Gasteiger partial charge in [-0.15, -0.1) is 0 Å². The molecule has 0 radical (unpaired) electrons. The highest BCUT2D eigenvalue weighted by Crippen LogP contribution is 2.31. The number of benzene rings is 1. The van der Waals surface area contributed by atoms with E-state index in [-0.39, 0.29) is 18.7 Å². The van der Waals surface area contributed by atoms with Gasteiger partial charge in [0.15, 0.2) is 6.10 Å². The van der Waals surface area contributed by atoms with Gasteiger partial charge in [0.25, 0.3) is 0 Å². The van der Waals surface area contributed by atoms with Gasteiger partial charge in [0.05, 0.1) is 12.6 Å². The van der Waals surface area contributed by atoms with Gasteiger partial charge >= 0.3 is 6.09 Å². The highest BCUT2D eigenvalue weighted by molar-refractivity contribution is 5.70. The lowest BCUT2D eigenvalue weighted by molar-refractivity contribution is 0.0827. The molecule has 4 heteroatoms. The molecule has 1 N–H and O–H groups in total. The van der Waals surface area contributed by atoms with E-state index in [9.17, 15) is 4.79 Å². The van der Waals surface area contributed by atoms with Crippen LogP contribution in [0.4, 0.5) is 4.79 Å². The number of aliphatic hydroxyl groups excluding tert-OH is 1. The predicted molar refractivity (Wildman–Crippen MR) is 54.3 cm³/mol. The van der Waals surface area contributed by atoms with Crippen LogP contribution in [0.5, 0.6) is 0 Å². The summed E-state index contributed by atoms with van der Waals surface area (Å²) in [7, 11) is 1.68. The lowest BCUT2D eigenvalue weighted by atomic mass is 10.0. The molecule has 1 aliphatic heterocycles. The fourth-order valence-electron chi connectivity index (χ4n) is 1.87. The molecule has 2 rings (SSSR count). The molecule has 0 aromatic heterocycles. The Bertz CT molecular complexity index is 352. The minimum atomic E-state index is -0.468. The number of cyclic esters (lactones) is 1. The Morgan fingerprint density at radius 2 is 2.07 bits per heavy atom. The molecule has 4 nitrogen and oxygen atoms in total. The Labute approximate surface area is 88.1 Å². The second kappa shape index (κ2) is 3.90. The number of carbonyl (C=O) groups excluding carboxylic acids is 1. The van der Waals surface area contributed by atoms with Crippen molar-refractivity contribution < 1.29 is 14.6 Å². The van der Waals surface area contributed by atoms with E-state index in [0.29, 0.717) is 0 Å². The fourth-order valence-corrected chi connectivity index (χ4v) is 1.87. The van der Waals surface area contributed by atoms with Crippen molar-refractivity contribution in [3.8, 4) is 0 Å². The monoisotopic (exact) mass is 207 g/mol. The molecule has 0 aliphatic carbocycles. The third-order valence-electron chi connectivity index (χ3n) is 2.63. The molecule has 0 saturated carbocycles. The van der Waals surface area contributed by atoms with Crippen molar-refractivity contribution >= 4 is 6.09 Å². The Kier molecular flexibility index (Phi) is 2.60. The normalized spacial score (nSPS) is 25.5. The van der Waals surface area contributed by atoms with E-state index >= 15 is 0 Å². The minimum absolute atomic E-state index is 0.157. The van der Waals surface area contributed by atoms with Gasteiger partial charge in [-0.05, 0) is 5.56 Å². The maximum absolute atomic E-state index is 11.3. The van der Waals surface area contributed by atoms with Crippen LogP contribution in [0.25, 0.3) is 0 Å². The molecule has 1 fully saturated rings. The summed E-state index contributed by atoms with van der Waals surface area (Å²) < 4.78 is 5.03. The van der Waals surface area contributed by atoms with Crippen molar-refractivity contribution in [1.29, 1.82) is 0 Å². The summed E-state index contributed by atoms with van der Waals surface area (Å²) in [6.07, 6.45) is -0.854. The molecule has 1 saturated heterocycles. The molecule has 0 bridgehead atoms. The number of likely N-dealkylation sites (N-methyl/N-ethyl adjacent to an activating group) is 1. The van der Waals surface area contributed by atoms with E-state index in [0.717, 1.165) is 5.56 Å². The van der Waals surface area contributed by atoms with Crippen molar-refractivity contribution in [2.24, 2.45) is 0 Å². The van der Waals surface area contributed by atoms with Crippen molar-refractivity contribution in [2.75, 3.05) is 13.7 Å². The van der Waals surface area contributed by atoms with Crippen LogP contribution >= 0.6 is 0 Å². The Hall–Kier alpha value is -1.55. The Morgan fingerprint density at radius 3 is 2.67 bits per heavy atom. The molecule has 15 heavy (non-hydrogen) atoms. The maximum Gasteiger partial charge on any atom is 0.410 e. The van der Waals surface area contributed by atoms with Crippen LogP contribution in [0, 0.1) is 0 Å². The summed E-state index contributed by atoms with van der Waals surface area (Å²) in [5.74, 6) is 0. The van der Waals surface area contributed by atoms with Crippen molar-refractivity contribution in [3.05, 3.63) is 35.9 Å². The molecule has 80 valence electrons. The largest absolute Gasteiger partial charge is 0.441 e. The van der Waals surface area contributed by atoms with E-state index in [2.05, 4.69) is 0 Å². The molecule has 1 amide bonds. The van der Waals surface area contributed by atoms with E-state index < -0.39 is 6.10 Å². The van der Waals surface area contributed by atoms with Gasteiger partial charge in [-0.1, -0.05) is 30.3 Å². The molecule has 1 heterocycles. The third-order valence-corrected chi connectivity index (χ3v) is 2.63. The minimum Gasteiger partial charge on any atom is -0.441 e. The topological polar surface area (TPSA) is 49.8 Å². The maximum atomic E-state index is 11.3. The van der Waals surface area contributed by atoms with Crippen LogP contribution in [0.3, 0.4) is 0 Å². The van der Waals surface area contributed by atoms with Crippen molar-refractivity contribution in [2.45, 2.75) is 12.1 Å². The third kappa shape index (κ3) is 1.68. The summed E-state index contributed by atoms with van der Waals surface area (Å²) in [5.41, 5.74) is 0.977. The molecular weight excluding hydrogens is 194 g/mol. The van der Waals surface area contributed by atoms with E-state index in [4.69, 9.17) is 9.84 Å². The summed E-state index contributed by atoms with van der Waals surface area (Å²) >= 11 is 0. The first-order chi connectivity index (χ1) is 7.24. The van der Waals surface area contributed by atoms with Gasteiger partial charge in [-0.2, -0.15) is 0 Å². The summed E-state index contributed by atoms with van der Waals surface area (Å²) in [5, 5.41) is 9.13. The van der Waals surface area contributed by atoms with Gasteiger partial charge in [-0.3, -0.25) is 0 Å². The quantitative estimate of drug-likeness (QED) is 0.792. The zero-order valence-electron chi connectivity index (χ0n) is 8.46. The molecule has 1 aromatic carbocycles. The van der Waals surface area contributed by atoms with Crippen LogP contribution in [0.2, 0.25) is 0 Å². The highest BCUT2D eigenvalue weighted by Gasteiger charge is 2.39. The Morgan fingerprint density at radius 1 is 1.40 bits per heavy atom. The van der Waals surface area contributed by atoms with Gasteiger partial charge in [-0.25, -0.2) is 4.79 Å². The first-order valence-electron chi connectivity index (χ1n) is 4.83. The van der Waals surface area contributed by atoms with Gasteiger partial charge in [0.2, 0.25) is 0 Å². The van der Waals surface area contributed by atoms with Crippen LogP contribution < -0.4 is 0 Å². The van der Waals surface area contributed by atoms with Gasteiger partial charge in [0, 0.05) is 7.05 Å². The molecule has 0 spiro atoms. The summed E-state index contributed by atoms with van der Waals surface area (Å²) in [6, 6.07) is 9.37. The SMILES string of the molecule is CN1C(=O)O[C@H](CO)[C@@H]1c1ccccc1. The van der Waals surface area contributed by atoms with Gasteiger partial charge < -0.3 is 14.7 Å².